The molecule has 0 aliphatic heterocycles. The average Bonchev–Trinajstić information content (AvgIpc) is 3.24. The molecule has 0 aliphatic carbocycles. The van der Waals surface area contributed by atoms with Crippen molar-refractivity contribution < 1.29 is 13.6 Å². The lowest BCUT2D eigenvalue weighted by Crippen LogP contribution is -2.26. The van der Waals surface area contributed by atoms with Crippen LogP contribution in [0.1, 0.15) is 16.1 Å². The Hall–Kier alpha value is -3.13. The normalized spacial score (nSPS) is 11.0. The zero-order valence-electron chi connectivity index (χ0n) is 14.0. The van der Waals surface area contributed by atoms with Gasteiger partial charge in [0.2, 0.25) is 4.96 Å². The summed E-state index contributed by atoms with van der Waals surface area (Å²) in [6.07, 6.45) is 0.486. The fraction of sp³-hybridized carbons (Fsp3) is 0.105. The van der Waals surface area contributed by atoms with Gasteiger partial charge in [-0.2, -0.15) is 4.98 Å². The molecule has 0 saturated carbocycles. The van der Waals surface area contributed by atoms with Crippen molar-refractivity contribution in [3.63, 3.8) is 0 Å². The van der Waals surface area contributed by atoms with E-state index in [1.54, 1.807) is 28.8 Å². The lowest BCUT2D eigenvalue weighted by atomic mass is 10.2. The van der Waals surface area contributed by atoms with Gasteiger partial charge >= 0.3 is 0 Å². The third-order valence-corrected chi connectivity index (χ3v) is 4.91. The van der Waals surface area contributed by atoms with Gasteiger partial charge in [0.05, 0.1) is 16.8 Å². The van der Waals surface area contributed by atoms with Gasteiger partial charge in [-0.25, -0.2) is 13.3 Å². The average molecular weight is 384 g/mol. The molecule has 27 heavy (non-hydrogen) atoms. The summed E-state index contributed by atoms with van der Waals surface area (Å²) in [6.45, 7) is 0.313. The molecular formula is C19H14F2N4OS. The molecular weight excluding hydrogens is 370 g/mol. The van der Waals surface area contributed by atoms with Crippen LogP contribution in [0.2, 0.25) is 0 Å². The quantitative estimate of drug-likeness (QED) is 0.571. The molecule has 0 bridgehead atoms. The third kappa shape index (κ3) is 3.43. The maximum Gasteiger partial charge on any atom is 0.254 e. The second-order valence-corrected chi connectivity index (χ2v) is 6.66. The minimum absolute atomic E-state index is 0.00978. The second-order valence-electron chi connectivity index (χ2n) is 5.82. The van der Waals surface area contributed by atoms with E-state index < -0.39 is 11.7 Å². The number of amides is 1. The van der Waals surface area contributed by atoms with Crippen LogP contribution in [0.25, 0.3) is 16.3 Å². The Labute approximate surface area is 157 Å². The predicted octanol–water partition coefficient (Wildman–Crippen LogP) is 3.71. The van der Waals surface area contributed by atoms with Crippen LogP contribution >= 0.6 is 11.3 Å². The van der Waals surface area contributed by atoms with Crippen LogP contribution in [-0.2, 0) is 6.42 Å². The SMILES string of the molecule is O=C(NCCc1csc2nc(-c3ccccc3F)nn12)c1ccccc1F. The van der Waals surface area contributed by atoms with Gasteiger partial charge in [0.15, 0.2) is 5.82 Å². The zero-order valence-corrected chi connectivity index (χ0v) is 14.8. The molecule has 0 radical (unpaired) electrons. The van der Waals surface area contributed by atoms with Crippen molar-refractivity contribution >= 4 is 22.2 Å². The number of hydrogen-bond donors (Lipinski definition) is 1. The highest BCUT2D eigenvalue weighted by Gasteiger charge is 2.15. The smallest absolute Gasteiger partial charge is 0.254 e. The van der Waals surface area contributed by atoms with E-state index in [1.165, 1.54) is 35.6 Å². The minimum atomic E-state index is -0.557. The number of carbonyl (C=O) groups excluding carboxylic acids is 1. The fourth-order valence-corrected chi connectivity index (χ4v) is 3.55. The molecule has 5 nitrogen and oxygen atoms in total. The topological polar surface area (TPSA) is 59.3 Å². The van der Waals surface area contributed by atoms with E-state index >= 15 is 0 Å². The lowest BCUT2D eigenvalue weighted by molar-refractivity contribution is 0.0950. The summed E-state index contributed by atoms with van der Waals surface area (Å²) in [5.41, 5.74) is 1.18. The van der Waals surface area contributed by atoms with Crippen molar-refractivity contribution in [3.8, 4) is 11.4 Å². The molecule has 2 heterocycles. The Morgan fingerprint density at radius 2 is 1.81 bits per heavy atom. The lowest BCUT2D eigenvalue weighted by Gasteiger charge is -2.05. The Kier molecular flexibility index (Phi) is 4.64. The highest BCUT2D eigenvalue weighted by atomic mass is 32.1. The summed E-state index contributed by atoms with van der Waals surface area (Å²) in [7, 11) is 0. The van der Waals surface area contributed by atoms with Gasteiger partial charge in [-0.15, -0.1) is 16.4 Å². The molecule has 0 unspecified atom stereocenters. The number of benzene rings is 2. The number of halogens is 2. The first-order chi connectivity index (χ1) is 13.1. The molecule has 136 valence electrons. The third-order valence-electron chi connectivity index (χ3n) is 4.05. The van der Waals surface area contributed by atoms with E-state index in [0.29, 0.717) is 29.3 Å². The molecule has 0 saturated heterocycles. The van der Waals surface area contributed by atoms with Crippen LogP contribution in [0, 0.1) is 11.6 Å². The van der Waals surface area contributed by atoms with Crippen LogP contribution in [0.4, 0.5) is 8.78 Å². The van der Waals surface area contributed by atoms with E-state index in [4.69, 9.17) is 0 Å². The molecule has 4 aromatic rings. The van der Waals surface area contributed by atoms with Crippen molar-refractivity contribution in [2.24, 2.45) is 0 Å². The number of aromatic nitrogens is 3. The Morgan fingerprint density at radius 1 is 1.07 bits per heavy atom. The van der Waals surface area contributed by atoms with Crippen molar-refractivity contribution in [2.45, 2.75) is 6.42 Å². The van der Waals surface area contributed by atoms with Gasteiger partial charge in [0.1, 0.15) is 11.6 Å². The number of hydrogen-bond acceptors (Lipinski definition) is 4. The first-order valence-electron chi connectivity index (χ1n) is 8.24. The standard InChI is InChI=1S/C19H14F2N4OS/c20-15-7-3-1-5-13(15)17-23-19-25(24-17)12(11-27-19)9-10-22-18(26)14-6-2-4-8-16(14)21/h1-8,11H,9-10H2,(H,22,26). The van der Waals surface area contributed by atoms with Gasteiger partial charge in [0.25, 0.3) is 5.91 Å². The van der Waals surface area contributed by atoms with E-state index in [0.717, 1.165) is 5.69 Å². The molecule has 0 atom stereocenters. The first-order valence-corrected chi connectivity index (χ1v) is 9.12. The minimum Gasteiger partial charge on any atom is -0.352 e. The largest absolute Gasteiger partial charge is 0.352 e. The van der Waals surface area contributed by atoms with Gasteiger partial charge in [-0.3, -0.25) is 4.79 Å². The summed E-state index contributed by atoms with van der Waals surface area (Å²) in [5, 5.41) is 8.96. The number of rotatable bonds is 5. The molecule has 1 N–H and O–H groups in total. The number of thiazole rings is 1. The molecule has 1 amide bonds. The summed E-state index contributed by atoms with van der Waals surface area (Å²) in [6, 6.07) is 12.2. The Bertz CT molecular complexity index is 1120. The van der Waals surface area contributed by atoms with Gasteiger partial charge in [-0.05, 0) is 24.3 Å². The first kappa shape index (κ1) is 17.3. The Morgan fingerprint density at radius 3 is 2.59 bits per heavy atom. The zero-order chi connectivity index (χ0) is 18.8. The van der Waals surface area contributed by atoms with Crippen LogP contribution in [0.15, 0.2) is 53.9 Å². The van der Waals surface area contributed by atoms with Crippen LogP contribution in [-0.4, -0.2) is 27.0 Å². The monoisotopic (exact) mass is 384 g/mol. The summed E-state index contributed by atoms with van der Waals surface area (Å²) < 4.78 is 29.2. The number of fused-ring (bicyclic) bond motifs is 1. The van der Waals surface area contributed by atoms with Gasteiger partial charge in [0, 0.05) is 18.3 Å². The predicted molar refractivity (Wildman–Crippen MR) is 98.7 cm³/mol. The van der Waals surface area contributed by atoms with E-state index in [1.807, 2.05) is 5.38 Å². The summed E-state index contributed by atoms with van der Waals surface area (Å²) in [4.78, 5) is 17.1. The molecule has 8 heteroatoms. The highest BCUT2D eigenvalue weighted by molar-refractivity contribution is 7.15. The molecule has 0 fully saturated rings. The molecule has 0 aliphatic rings. The van der Waals surface area contributed by atoms with Gasteiger partial charge in [-0.1, -0.05) is 24.3 Å². The fourth-order valence-electron chi connectivity index (χ4n) is 2.70. The van der Waals surface area contributed by atoms with E-state index in [9.17, 15) is 13.6 Å². The van der Waals surface area contributed by atoms with E-state index in [-0.39, 0.29) is 11.4 Å². The number of carbonyl (C=O) groups is 1. The van der Waals surface area contributed by atoms with Crippen LogP contribution in [0.3, 0.4) is 0 Å². The number of nitrogens with zero attached hydrogens (tertiary/aromatic N) is 3. The molecule has 0 spiro atoms. The second kappa shape index (κ2) is 7.24. The van der Waals surface area contributed by atoms with Crippen molar-refractivity contribution in [1.29, 1.82) is 0 Å². The maximum absolute atomic E-state index is 13.9. The van der Waals surface area contributed by atoms with Gasteiger partial charge < -0.3 is 5.32 Å². The highest BCUT2D eigenvalue weighted by Crippen LogP contribution is 2.23. The van der Waals surface area contributed by atoms with Crippen molar-refractivity contribution in [2.75, 3.05) is 6.54 Å². The van der Waals surface area contributed by atoms with Crippen molar-refractivity contribution in [3.05, 3.63) is 76.8 Å². The summed E-state index contributed by atoms with van der Waals surface area (Å²) >= 11 is 1.39. The molecule has 4 rings (SSSR count). The summed E-state index contributed by atoms with van der Waals surface area (Å²) in [5.74, 6) is -1.09. The van der Waals surface area contributed by atoms with Crippen LogP contribution < -0.4 is 5.32 Å². The van der Waals surface area contributed by atoms with Crippen molar-refractivity contribution in [1.82, 2.24) is 19.9 Å². The van der Waals surface area contributed by atoms with E-state index in [2.05, 4.69) is 15.4 Å². The maximum atomic E-state index is 13.9. The molecule has 2 aromatic heterocycles. The molecule has 2 aromatic carbocycles. The van der Waals surface area contributed by atoms with Crippen LogP contribution in [0.5, 0.6) is 0 Å². The Balaban J connectivity index is 1.48. The number of nitrogens with one attached hydrogen (secondary N) is 1.